The van der Waals surface area contributed by atoms with E-state index in [-0.39, 0.29) is 43.3 Å². The minimum absolute atomic E-state index is 0. The fraction of sp³-hybridized carbons (Fsp3) is 0.400. The van der Waals surface area contributed by atoms with Crippen LogP contribution in [0, 0.1) is 0 Å². The maximum Gasteiger partial charge on any atom is 0.234 e. The van der Waals surface area contributed by atoms with E-state index < -0.39 is 12.3 Å². The number of ether oxygens (including phenoxy) is 1. The van der Waals surface area contributed by atoms with Crippen molar-refractivity contribution in [1.82, 2.24) is 20.2 Å². The lowest BCUT2D eigenvalue weighted by molar-refractivity contribution is -0.113. The number of hydrogen-bond donors (Lipinski definition) is 3. The molecule has 5 rings (SSSR count). The lowest BCUT2D eigenvalue weighted by Crippen LogP contribution is -2.51. The van der Waals surface area contributed by atoms with E-state index in [1.165, 1.54) is 11.8 Å². The number of anilines is 1. The second kappa shape index (κ2) is 13.0. The summed E-state index contributed by atoms with van der Waals surface area (Å²) in [6.07, 6.45) is 2.25. The number of piperidine rings is 1. The van der Waals surface area contributed by atoms with E-state index in [9.17, 15) is 9.90 Å². The number of aliphatic hydroxyl groups excluding tert-OH is 1. The lowest BCUT2D eigenvalue weighted by Gasteiger charge is -2.36. The molecule has 12 heteroatoms. The molecule has 3 atom stereocenters. The highest BCUT2D eigenvalue weighted by atomic mass is 35.5. The van der Waals surface area contributed by atoms with Crippen molar-refractivity contribution in [3.8, 4) is 5.75 Å². The van der Waals surface area contributed by atoms with Gasteiger partial charge in [-0.1, -0.05) is 11.8 Å². The number of benzene rings is 1. The summed E-state index contributed by atoms with van der Waals surface area (Å²) < 4.78 is 20.4. The maximum absolute atomic E-state index is 15.0. The monoisotopic (exact) mass is 569 g/mol. The van der Waals surface area contributed by atoms with E-state index in [0.717, 1.165) is 27.1 Å². The standard InChI is InChI=1S/C25H28FN5O3S.2ClH/c1-34-16-2-3-20-18(9-16)17(4-6-27-20)23(32)13-31-7-5-21(19(26)12-31)28-10-15-8-22-25(29-11-15)35-14-24(33)30-22;;/h2-4,6,8-9,11,19,21,23,28,32H,5,7,10,12-14H2,1H3,(H,30,33);2*1H/t19-,21+,23?;;/m1../s1. The molecule has 3 N–H and O–H groups in total. The first-order valence-electron chi connectivity index (χ1n) is 11.6. The van der Waals surface area contributed by atoms with E-state index in [4.69, 9.17) is 4.74 Å². The number of amides is 1. The predicted octanol–water partition coefficient (Wildman–Crippen LogP) is 3.76. The van der Waals surface area contributed by atoms with Gasteiger partial charge in [0.2, 0.25) is 5.91 Å². The lowest BCUT2D eigenvalue weighted by atomic mass is 10.00. The molecular formula is C25H30Cl2FN5O3S. The van der Waals surface area contributed by atoms with Gasteiger partial charge in [-0.2, -0.15) is 0 Å². The second-order valence-corrected chi connectivity index (χ2v) is 9.85. The van der Waals surface area contributed by atoms with Crippen LogP contribution in [-0.2, 0) is 11.3 Å². The normalized spacial score (nSPS) is 20.2. The molecular weight excluding hydrogens is 540 g/mol. The number of carbonyl (C=O) groups excluding carboxylic acids is 1. The predicted molar refractivity (Wildman–Crippen MR) is 148 cm³/mol. The number of carbonyl (C=O) groups is 1. The molecule has 2 aliphatic heterocycles. The van der Waals surface area contributed by atoms with Crippen LogP contribution in [0.25, 0.3) is 10.9 Å². The van der Waals surface area contributed by atoms with Gasteiger partial charge in [-0.25, -0.2) is 9.37 Å². The number of alkyl halides is 1. The number of likely N-dealkylation sites (tertiary alicyclic amines) is 1. The first kappa shape index (κ1) is 29.3. The fourth-order valence-corrected chi connectivity index (χ4v) is 5.37. The number of hydrogen-bond acceptors (Lipinski definition) is 8. The topological polar surface area (TPSA) is 99.6 Å². The Morgan fingerprint density at radius 2 is 2.14 bits per heavy atom. The molecule has 0 bridgehead atoms. The molecule has 1 fully saturated rings. The summed E-state index contributed by atoms with van der Waals surface area (Å²) in [5.41, 5.74) is 3.15. The number of halogens is 3. The van der Waals surface area contributed by atoms with Crippen LogP contribution in [0.4, 0.5) is 10.1 Å². The van der Waals surface area contributed by atoms with Gasteiger partial charge in [0, 0.05) is 43.5 Å². The Kier molecular flexibility index (Phi) is 10.3. The number of nitrogens with one attached hydrogen (secondary N) is 2. The summed E-state index contributed by atoms with van der Waals surface area (Å²) in [6, 6.07) is 8.99. The Labute approximate surface area is 231 Å². The van der Waals surface area contributed by atoms with Gasteiger partial charge in [0.15, 0.2) is 0 Å². The third-order valence-corrected chi connectivity index (χ3v) is 7.49. The number of rotatable bonds is 7. The van der Waals surface area contributed by atoms with E-state index in [2.05, 4.69) is 20.6 Å². The summed E-state index contributed by atoms with van der Waals surface area (Å²) in [5.74, 6) is 1.04. The molecule has 2 aliphatic rings. The SMILES string of the molecule is COc1ccc2nccc(C(O)CN3CC[C@H](NCc4cnc5c(c4)NC(=O)CS5)[C@H](F)C3)c2c1.Cl.Cl. The molecule has 4 heterocycles. The molecule has 0 saturated carbocycles. The molecule has 0 radical (unpaired) electrons. The zero-order valence-corrected chi connectivity index (χ0v) is 22.7. The van der Waals surface area contributed by atoms with Gasteiger partial charge in [-0.3, -0.25) is 14.7 Å². The molecule has 2 aromatic heterocycles. The summed E-state index contributed by atoms with van der Waals surface area (Å²) in [5, 5.41) is 18.7. The van der Waals surface area contributed by atoms with Crippen LogP contribution in [0.2, 0.25) is 0 Å². The number of methoxy groups -OCH3 is 1. The molecule has 1 unspecified atom stereocenters. The average molecular weight is 571 g/mol. The van der Waals surface area contributed by atoms with Crippen molar-refractivity contribution in [3.05, 3.63) is 53.9 Å². The highest BCUT2D eigenvalue weighted by Crippen LogP contribution is 2.30. The molecule has 1 amide bonds. The summed E-state index contributed by atoms with van der Waals surface area (Å²) >= 11 is 1.42. The average Bonchev–Trinajstić information content (AvgIpc) is 2.87. The summed E-state index contributed by atoms with van der Waals surface area (Å²) in [4.78, 5) is 22.4. The highest BCUT2D eigenvalue weighted by Gasteiger charge is 2.30. The molecule has 0 spiro atoms. The largest absolute Gasteiger partial charge is 0.497 e. The number of β-amino-alcohol motifs (C(OH)–C–C–N with tert-alkyl or cyclic N) is 1. The van der Waals surface area contributed by atoms with Crippen LogP contribution in [-0.4, -0.2) is 70.6 Å². The second-order valence-electron chi connectivity index (χ2n) is 8.88. The number of aliphatic hydroxyl groups is 1. The van der Waals surface area contributed by atoms with E-state index in [0.29, 0.717) is 43.2 Å². The quantitative estimate of drug-likeness (QED) is 0.395. The Hall–Kier alpha value is -2.21. The van der Waals surface area contributed by atoms with Gasteiger partial charge in [0.25, 0.3) is 0 Å². The van der Waals surface area contributed by atoms with Crippen molar-refractivity contribution < 1.29 is 19.0 Å². The molecule has 8 nitrogen and oxygen atoms in total. The third-order valence-electron chi connectivity index (χ3n) is 6.49. The smallest absolute Gasteiger partial charge is 0.234 e. The molecule has 3 aromatic rings. The molecule has 200 valence electrons. The van der Waals surface area contributed by atoms with Gasteiger partial charge in [0.1, 0.15) is 16.9 Å². The number of nitrogens with zero attached hydrogens (tertiary/aromatic N) is 3. The van der Waals surface area contributed by atoms with E-state index >= 15 is 4.39 Å². The van der Waals surface area contributed by atoms with Crippen molar-refractivity contribution in [1.29, 1.82) is 0 Å². The molecule has 0 aliphatic carbocycles. The Bertz CT molecular complexity index is 1240. The Balaban J connectivity index is 0.00000190. The zero-order valence-electron chi connectivity index (χ0n) is 20.2. The van der Waals surface area contributed by atoms with Crippen LogP contribution in [0.5, 0.6) is 5.75 Å². The zero-order chi connectivity index (χ0) is 24.4. The minimum atomic E-state index is -1.06. The highest BCUT2D eigenvalue weighted by molar-refractivity contribution is 8.00. The number of pyridine rings is 2. The van der Waals surface area contributed by atoms with Crippen LogP contribution in [0.1, 0.15) is 23.7 Å². The van der Waals surface area contributed by atoms with E-state index in [1.54, 1.807) is 25.6 Å². The van der Waals surface area contributed by atoms with Gasteiger partial charge in [-0.15, -0.1) is 24.8 Å². The first-order valence-corrected chi connectivity index (χ1v) is 12.6. The third kappa shape index (κ3) is 6.81. The molecule has 1 saturated heterocycles. The minimum Gasteiger partial charge on any atom is -0.497 e. The van der Waals surface area contributed by atoms with E-state index in [1.807, 2.05) is 29.2 Å². The van der Waals surface area contributed by atoms with Gasteiger partial charge < -0.3 is 20.5 Å². The van der Waals surface area contributed by atoms with Crippen LogP contribution < -0.4 is 15.4 Å². The van der Waals surface area contributed by atoms with Crippen LogP contribution in [0.15, 0.2) is 47.8 Å². The van der Waals surface area contributed by atoms with Crippen molar-refractivity contribution >= 4 is 59.1 Å². The van der Waals surface area contributed by atoms with Gasteiger partial charge in [-0.05, 0) is 54.4 Å². The first-order chi connectivity index (χ1) is 17.0. The maximum atomic E-state index is 15.0. The number of fused-ring (bicyclic) bond motifs is 2. The Morgan fingerprint density at radius 3 is 2.92 bits per heavy atom. The van der Waals surface area contributed by atoms with Crippen molar-refractivity contribution in [3.63, 3.8) is 0 Å². The van der Waals surface area contributed by atoms with Crippen molar-refractivity contribution in [2.24, 2.45) is 0 Å². The number of thioether (sulfide) groups is 1. The van der Waals surface area contributed by atoms with Crippen LogP contribution >= 0.6 is 36.6 Å². The summed E-state index contributed by atoms with van der Waals surface area (Å²) in [6.45, 7) is 1.74. The van der Waals surface area contributed by atoms with Crippen molar-refractivity contribution in [2.45, 2.75) is 36.3 Å². The van der Waals surface area contributed by atoms with Gasteiger partial charge in [0.05, 0.1) is 30.2 Å². The molecule has 37 heavy (non-hydrogen) atoms. The summed E-state index contributed by atoms with van der Waals surface area (Å²) in [7, 11) is 1.60. The van der Waals surface area contributed by atoms with Crippen LogP contribution in [0.3, 0.4) is 0 Å². The Morgan fingerprint density at radius 1 is 1.30 bits per heavy atom. The van der Waals surface area contributed by atoms with Crippen molar-refractivity contribution in [2.75, 3.05) is 37.8 Å². The fourth-order valence-electron chi connectivity index (χ4n) is 4.64. The number of aromatic nitrogens is 2. The van der Waals surface area contributed by atoms with Gasteiger partial charge >= 0.3 is 0 Å². The molecule has 1 aromatic carbocycles.